The molecule has 1 aromatic carbocycles. The van der Waals surface area contributed by atoms with Crippen LogP contribution in [0.3, 0.4) is 0 Å². The summed E-state index contributed by atoms with van der Waals surface area (Å²) >= 11 is 0. The summed E-state index contributed by atoms with van der Waals surface area (Å²) in [6.07, 6.45) is 6.46. The first-order valence-corrected chi connectivity index (χ1v) is 10.4. The minimum absolute atomic E-state index is 0.176. The standard InChI is InChI=1S/C24H31N3O2/c1-16-12-21(14-26(4)18(16)3)24-25-22-7-6-20(19-8-10-29-11-9-19)13-23(22)27(24)17(2)15-28-5/h6-7,12-14,17,19H,3,8-11,15H2,1-2,4-5H3/t17-/m0/s1. The Morgan fingerprint density at radius 3 is 2.76 bits per heavy atom. The molecular formula is C24H31N3O2. The second-order valence-electron chi connectivity index (χ2n) is 8.21. The normalized spacial score (nSPS) is 19.4. The summed E-state index contributed by atoms with van der Waals surface area (Å²) in [5.41, 5.74) is 6.86. The molecule has 0 N–H and O–H groups in total. The molecule has 0 aliphatic carbocycles. The van der Waals surface area contributed by atoms with Gasteiger partial charge in [0.15, 0.2) is 0 Å². The summed E-state index contributed by atoms with van der Waals surface area (Å²) in [5.74, 6) is 1.54. The number of hydrogen-bond acceptors (Lipinski definition) is 4. The van der Waals surface area contributed by atoms with E-state index < -0.39 is 0 Å². The second-order valence-corrected chi connectivity index (χ2v) is 8.21. The lowest BCUT2D eigenvalue weighted by Gasteiger charge is -2.25. The Kier molecular flexibility index (Phi) is 5.61. The molecule has 2 aromatic rings. The molecule has 1 aromatic heterocycles. The van der Waals surface area contributed by atoms with E-state index in [1.807, 2.05) is 7.05 Å². The van der Waals surface area contributed by atoms with E-state index in [0.717, 1.165) is 54.2 Å². The molecule has 1 atom stereocenters. The quantitative estimate of drug-likeness (QED) is 0.725. The highest BCUT2D eigenvalue weighted by atomic mass is 16.5. The smallest absolute Gasteiger partial charge is 0.142 e. The molecular weight excluding hydrogens is 362 g/mol. The number of aromatic nitrogens is 2. The molecule has 0 unspecified atom stereocenters. The summed E-state index contributed by atoms with van der Waals surface area (Å²) in [6.45, 7) is 10.8. The molecule has 2 aliphatic rings. The number of fused-ring (bicyclic) bond motifs is 1. The van der Waals surface area contributed by atoms with Gasteiger partial charge in [-0.15, -0.1) is 0 Å². The van der Waals surface area contributed by atoms with E-state index in [4.69, 9.17) is 14.5 Å². The summed E-state index contributed by atoms with van der Waals surface area (Å²) < 4.78 is 13.4. The van der Waals surface area contributed by atoms with Gasteiger partial charge in [-0.05, 0) is 62.0 Å². The summed E-state index contributed by atoms with van der Waals surface area (Å²) in [4.78, 5) is 7.11. The maximum Gasteiger partial charge on any atom is 0.142 e. The average Bonchev–Trinajstić information content (AvgIpc) is 3.11. The Balaban J connectivity index is 1.84. The van der Waals surface area contributed by atoms with Crippen LogP contribution in [-0.2, 0) is 9.47 Å². The number of ether oxygens (including phenoxy) is 2. The topological polar surface area (TPSA) is 39.5 Å². The van der Waals surface area contributed by atoms with Gasteiger partial charge in [0.25, 0.3) is 0 Å². The van der Waals surface area contributed by atoms with Crippen molar-refractivity contribution in [1.29, 1.82) is 0 Å². The lowest BCUT2D eigenvalue weighted by Crippen LogP contribution is -2.18. The maximum atomic E-state index is 5.56. The predicted molar refractivity (Wildman–Crippen MR) is 118 cm³/mol. The van der Waals surface area contributed by atoms with E-state index in [0.29, 0.717) is 12.5 Å². The van der Waals surface area contributed by atoms with Crippen molar-refractivity contribution in [3.05, 3.63) is 59.7 Å². The third-order valence-corrected chi connectivity index (χ3v) is 6.10. The molecule has 0 amide bonds. The van der Waals surface area contributed by atoms with Crippen LogP contribution in [0.25, 0.3) is 16.6 Å². The molecule has 4 rings (SSSR count). The van der Waals surface area contributed by atoms with Crippen LogP contribution in [0.4, 0.5) is 0 Å². The zero-order valence-corrected chi connectivity index (χ0v) is 17.9. The van der Waals surface area contributed by atoms with Gasteiger partial charge in [0, 0.05) is 44.8 Å². The SMILES string of the molecule is C=C1C(C)=CC(c2nc3ccc(C4CCOCC4)cc3n2[C@@H](C)COC)=CN1C. The van der Waals surface area contributed by atoms with Gasteiger partial charge in [-0.2, -0.15) is 0 Å². The Morgan fingerprint density at radius 2 is 2.07 bits per heavy atom. The lowest BCUT2D eigenvalue weighted by atomic mass is 9.91. The van der Waals surface area contributed by atoms with Crippen LogP contribution in [0.15, 0.2) is 48.3 Å². The van der Waals surface area contributed by atoms with Gasteiger partial charge in [-0.1, -0.05) is 12.6 Å². The highest BCUT2D eigenvalue weighted by Gasteiger charge is 2.23. The summed E-state index contributed by atoms with van der Waals surface area (Å²) in [5, 5.41) is 0. The third kappa shape index (κ3) is 3.77. The Bertz CT molecular complexity index is 979. The molecule has 0 bridgehead atoms. The van der Waals surface area contributed by atoms with Crippen LogP contribution < -0.4 is 0 Å². The van der Waals surface area contributed by atoms with Crippen molar-refractivity contribution in [3.8, 4) is 0 Å². The second kappa shape index (κ2) is 8.17. The number of nitrogens with zero attached hydrogens (tertiary/aromatic N) is 3. The third-order valence-electron chi connectivity index (χ3n) is 6.10. The highest BCUT2D eigenvalue weighted by molar-refractivity contribution is 5.84. The summed E-state index contributed by atoms with van der Waals surface area (Å²) in [6, 6.07) is 6.92. The van der Waals surface area contributed by atoms with E-state index in [1.54, 1.807) is 7.11 Å². The Labute approximate surface area is 173 Å². The fraction of sp³-hybridized carbons (Fsp3) is 0.458. The molecule has 154 valence electrons. The van der Waals surface area contributed by atoms with E-state index in [9.17, 15) is 0 Å². The minimum Gasteiger partial charge on any atom is -0.383 e. The van der Waals surface area contributed by atoms with Crippen LogP contribution in [0.5, 0.6) is 0 Å². The lowest BCUT2D eigenvalue weighted by molar-refractivity contribution is 0.0853. The minimum atomic E-state index is 0.176. The van der Waals surface area contributed by atoms with Crippen molar-refractivity contribution < 1.29 is 9.47 Å². The summed E-state index contributed by atoms with van der Waals surface area (Å²) in [7, 11) is 3.79. The number of allylic oxidation sites excluding steroid dienone is 3. The van der Waals surface area contributed by atoms with E-state index in [1.165, 1.54) is 11.1 Å². The maximum absolute atomic E-state index is 5.56. The van der Waals surface area contributed by atoms with Crippen molar-refractivity contribution in [3.63, 3.8) is 0 Å². The first-order chi connectivity index (χ1) is 14.0. The van der Waals surface area contributed by atoms with E-state index >= 15 is 0 Å². The number of likely N-dealkylation sites (N-methyl/N-ethyl adjacent to an activating group) is 1. The zero-order valence-electron chi connectivity index (χ0n) is 17.9. The monoisotopic (exact) mass is 393 g/mol. The van der Waals surface area contributed by atoms with Crippen molar-refractivity contribution >= 4 is 16.6 Å². The molecule has 0 saturated carbocycles. The van der Waals surface area contributed by atoms with Crippen molar-refractivity contribution in [2.24, 2.45) is 0 Å². The molecule has 3 heterocycles. The molecule has 0 spiro atoms. The van der Waals surface area contributed by atoms with Gasteiger partial charge < -0.3 is 18.9 Å². The predicted octanol–water partition coefficient (Wildman–Crippen LogP) is 4.88. The van der Waals surface area contributed by atoms with Crippen LogP contribution >= 0.6 is 0 Å². The van der Waals surface area contributed by atoms with Gasteiger partial charge in [0.1, 0.15) is 5.82 Å². The van der Waals surface area contributed by atoms with Gasteiger partial charge in [0.05, 0.1) is 23.7 Å². The number of hydrogen-bond donors (Lipinski definition) is 0. The average molecular weight is 394 g/mol. The van der Waals surface area contributed by atoms with Crippen molar-refractivity contribution in [2.45, 2.75) is 38.6 Å². The van der Waals surface area contributed by atoms with Crippen LogP contribution in [0.2, 0.25) is 0 Å². The largest absolute Gasteiger partial charge is 0.383 e. The highest BCUT2D eigenvalue weighted by Crippen LogP contribution is 2.34. The van der Waals surface area contributed by atoms with Gasteiger partial charge in [-0.3, -0.25) is 0 Å². The molecule has 5 nitrogen and oxygen atoms in total. The molecule has 2 aliphatic heterocycles. The Hall–Kier alpha value is -2.37. The van der Waals surface area contributed by atoms with Gasteiger partial charge >= 0.3 is 0 Å². The van der Waals surface area contributed by atoms with E-state index in [2.05, 4.69) is 60.4 Å². The Morgan fingerprint density at radius 1 is 1.31 bits per heavy atom. The zero-order chi connectivity index (χ0) is 20.5. The molecule has 1 saturated heterocycles. The number of methoxy groups -OCH3 is 1. The number of imidazole rings is 1. The fourth-order valence-corrected chi connectivity index (χ4v) is 4.40. The first kappa shape index (κ1) is 19.9. The van der Waals surface area contributed by atoms with Gasteiger partial charge in [0.2, 0.25) is 0 Å². The van der Waals surface area contributed by atoms with Gasteiger partial charge in [-0.25, -0.2) is 4.98 Å². The number of benzene rings is 1. The molecule has 29 heavy (non-hydrogen) atoms. The van der Waals surface area contributed by atoms with Crippen molar-refractivity contribution in [2.75, 3.05) is 34.0 Å². The molecule has 0 radical (unpaired) electrons. The number of rotatable bonds is 5. The molecule has 5 heteroatoms. The van der Waals surface area contributed by atoms with Crippen LogP contribution in [0.1, 0.15) is 50.0 Å². The molecule has 1 fully saturated rings. The van der Waals surface area contributed by atoms with Crippen LogP contribution in [-0.4, -0.2) is 48.4 Å². The first-order valence-electron chi connectivity index (χ1n) is 10.4. The van der Waals surface area contributed by atoms with E-state index in [-0.39, 0.29) is 6.04 Å². The fourth-order valence-electron chi connectivity index (χ4n) is 4.40. The van der Waals surface area contributed by atoms with Crippen LogP contribution in [0, 0.1) is 0 Å². The van der Waals surface area contributed by atoms with Crippen molar-refractivity contribution in [1.82, 2.24) is 14.5 Å².